The van der Waals surface area contributed by atoms with Gasteiger partial charge in [0.2, 0.25) is 0 Å². The van der Waals surface area contributed by atoms with E-state index in [1.54, 1.807) is 0 Å². The number of nitrogens with zero attached hydrogens (tertiary/aromatic N) is 2. The van der Waals surface area contributed by atoms with Crippen LogP contribution in [0.1, 0.15) is 12.0 Å². The number of hydrogen-bond acceptors (Lipinski definition) is 5. The summed E-state index contributed by atoms with van der Waals surface area (Å²) in [5, 5.41) is 10.6. The second kappa shape index (κ2) is 5.27. The molecule has 1 saturated heterocycles. The first-order chi connectivity index (χ1) is 10.00. The van der Waals surface area contributed by atoms with Gasteiger partial charge in [-0.1, -0.05) is 18.2 Å². The molecular formula is C15H18N2O3S. The third kappa shape index (κ3) is 2.73. The van der Waals surface area contributed by atoms with Crippen LogP contribution in [0.4, 0.5) is 5.82 Å². The predicted octanol–water partition coefficient (Wildman–Crippen LogP) is 1.35. The molecule has 21 heavy (non-hydrogen) atoms. The lowest BCUT2D eigenvalue weighted by molar-refractivity contribution is 0.281. The van der Waals surface area contributed by atoms with Crippen molar-refractivity contribution in [3.63, 3.8) is 0 Å². The van der Waals surface area contributed by atoms with E-state index in [2.05, 4.69) is 4.98 Å². The average molecular weight is 306 g/mol. The molecule has 0 radical (unpaired) electrons. The van der Waals surface area contributed by atoms with Gasteiger partial charge in [-0.3, -0.25) is 0 Å². The summed E-state index contributed by atoms with van der Waals surface area (Å²) < 4.78 is 23.3. The van der Waals surface area contributed by atoms with Crippen molar-refractivity contribution in [3.8, 4) is 0 Å². The molecule has 1 N–H and O–H groups in total. The first-order valence-corrected chi connectivity index (χ1v) is 8.75. The summed E-state index contributed by atoms with van der Waals surface area (Å²) in [4.78, 5) is 6.50. The van der Waals surface area contributed by atoms with Gasteiger partial charge in [-0.2, -0.15) is 0 Å². The topological polar surface area (TPSA) is 70.5 Å². The Morgan fingerprint density at radius 3 is 2.81 bits per heavy atom. The molecule has 2 aromatic rings. The number of anilines is 1. The second-order valence-electron chi connectivity index (χ2n) is 5.49. The van der Waals surface area contributed by atoms with Gasteiger partial charge in [0, 0.05) is 24.0 Å². The van der Waals surface area contributed by atoms with Gasteiger partial charge in [0.25, 0.3) is 0 Å². The molecule has 0 amide bonds. The predicted molar refractivity (Wildman–Crippen MR) is 83.1 cm³/mol. The summed E-state index contributed by atoms with van der Waals surface area (Å²) in [5.41, 5.74) is 1.57. The molecule has 1 atom stereocenters. The van der Waals surface area contributed by atoms with Crippen LogP contribution < -0.4 is 4.90 Å². The summed E-state index contributed by atoms with van der Waals surface area (Å²) in [7, 11) is -1.09. The number of aromatic nitrogens is 1. The Hall–Kier alpha value is -1.66. The molecule has 1 fully saturated rings. The first kappa shape index (κ1) is 14.3. The number of benzene rings is 1. The van der Waals surface area contributed by atoms with Gasteiger partial charge in [0.05, 0.1) is 23.6 Å². The lowest BCUT2D eigenvalue weighted by Crippen LogP contribution is -2.34. The Kier molecular flexibility index (Phi) is 3.59. The minimum absolute atomic E-state index is 0.0750. The fourth-order valence-electron chi connectivity index (χ4n) is 2.83. The van der Waals surface area contributed by atoms with Gasteiger partial charge in [0.15, 0.2) is 9.84 Å². The lowest BCUT2D eigenvalue weighted by atomic mass is 10.1. The fraction of sp³-hybridized carbons (Fsp3) is 0.400. The number of aliphatic hydroxyl groups is 1. The van der Waals surface area contributed by atoms with Crippen molar-refractivity contribution in [2.45, 2.75) is 19.1 Å². The lowest BCUT2D eigenvalue weighted by Gasteiger charge is -2.26. The van der Waals surface area contributed by atoms with Crippen LogP contribution in [0.2, 0.25) is 0 Å². The number of hydrogen-bond donors (Lipinski definition) is 1. The summed E-state index contributed by atoms with van der Waals surface area (Å²) in [6.07, 6.45) is 0.609. The van der Waals surface area contributed by atoms with Crippen molar-refractivity contribution >= 4 is 26.6 Å². The summed E-state index contributed by atoms with van der Waals surface area (Å²) in [6.45, 7) is -0.114. The van der Waals surface area contributed by atoms with E-state index in [1.165, 1.54) is 0 Å². The Morgan fingerprint density at radius 1 is 1.38 bits per heavy atom. The highest BCUT2D eigenvalue weighted by atomic mass is 32.2. The molecule has 1 aliphatic rings. The van der Waals surface area contributed by atoms with Crippen molar-refractivity contribution in [1.82, 2.24) is 4.98 Å². The number of sulfone groups is 1. The molecule has 3 rings (SSSR count). The van der Waals surface area contributed by atoms with Crippen LogP contribution >= 0.6 is 0 Å². The quantitative estimate of drug-likeness (QED) is 0.927. The third-order valence-electron chi connectivity index (χ3n) is 4.04. The Bertz CT molecular complexity index is 774. The molecule has 112 valence electrons. The number of fused-ring (bicyclic) bond motifs is 1. The molecule has 0 saturated carbocycles. The van der Waals surface area contributed by atoms with Crippen molar-refractivity contribution in [3.05, 3.63) is 35.9 Å². The van der Waals surface area contributed by atoms with Gasteiger partial charge >= 0.3 is 0 Å². The van der Waals surface area contributed by atoms with E-state index >= 15 is 0 Å². The zero-order valence-corrected chi connectivity index (χ0v) is 12.7. The maximum atomic E-state index is 11.6. The molecule has 1 unspecified atom stereocenters. The van der Waals surface area contributed by atoms with Crippen LogP contribution in [-0.2, 0) is 16.4 Å². The van der Waals surface area contributed by atoms with Gasteiger partial charge in [-0.25, -0.2) is 13.4 Å². The highest BCUT2D eigenvalue weighted by molar-refractivity contribution is 7.91. The standard InChI is InChI=1S/C15H18N2O3S/c1-17(13-6-7-21(19,20)10-13)15-12(9-18)8-11-4-2-3-5-14(11)16-15/h2-5,8,13,18H,6-7,9-10H2,1H3. The molecule has 6 heteroatoms. The molecule has 0 aliphatic carbocycles. The average Bonchev–Trinajstić information content (AvgIpc) is 2.85. The maximum Gasteiger partial charge on any atom is 0.152 e. The van der Waals surface area contributed by atoms with E-state index in [9.17, 15) is 13.5 Å². The minimum Gasteiger partial charge on any atom is -0.392 e. The van der Waals surface area contributed by atoms with E-state index in [0.717, 1.165) is 16.5 Å². The van der Waals surface area contributed by atoms with Gasteiger partial charge in [-0.05, 0) is 18.6 Å². The molecular weight excluding hydrogens is 288 g/mol. The Morgan fingerprint density at radius 2 is 2.14 bits per heavy atom. The maximum absolute atomic E-state index is 11.6. The monoisotopic (exact) mass is 306 g/mol. The zero-order valence-electron chi connectivity index (χ0n) is 11.9. The van der Waals surface area contributed by atoms with Crippen LogP contribution in [0.15, 0.2) is 30.3 Å². The van der Waals surface area contributed by atoms with Gasteiger partial charge in [-0.15, -0.1) is 0 Å². The molecule has 2 heterocycles. The van der Waals surface area contributed by atoms with Crippen molar-refractivity contribution < 1.29 is 13.5 Å². The largest absolute Gasteiger partial charge is 0.392 e. The fourth-order valence-corrected chi connectivity index (χ4v) is 4.60. The number of para-hydroxylation sites is 1. The summed E-state index contributed by atoms with van der Waals surface area (Å²) in [5.74, 6) is 1.05. The van der Waals surface area contributed by atoms with Gasteiger partial charge < -0.3 is 10.0 Å². The first-order valence-electron chi connectivity index (χ1n) is 6.93. The number of pyridine rings is 1. The minimum atomic E-state index is -2.94. The van der Waals surface area contributed by atoms with E-state index in [-0.39, 0.29) is 24.2 Å². The van der Waals surface area contributed by atoms with Crippen LogP contribution in [0.5, 0.6) is 0 Å². The van der Waals surface area contributed by atoms with Crippen molar-refractivity contribution in [1.29, 1.82) is 0 Å². The second-order valence-corrected chi connectivity index (χ2v) is 7.72. The highest BCUT2D eigenvalue weighted by Crippen LogP contribution is 2.27. The van der Waals surface area contributed by atoms with Crippen LogP contribution in [0, 0.1) is 0 Å². The normalized spacial score (nSPS) is 20.8. The van der Waals surface area contributed by atoms with Crippen LogP contribution in [0.25, 0.3) is 10.9 Å². The van der Waals surface area contributed by atoms with E-state index in [4.69, 9.17) is 0 Å². The highest BCUT2D eigenvalue weighted by Gasteiger charge is 2.32. The molecule has 5 nitrogen and oxygen atoms in total. The Balaban J connectivity index is 2.02. The molecule has 1 aromatic heterocycles. The van der Waals surface area contributed by atoms with Crippen molar-refractivity contribution in [2.24, 2.45) is 0 Å². The van der Waals surface area contributed by atoms with Crippen molar-refractivity contribution in [2.75, 3.05) is 23.5 Å². The third-order valence-corrected chi connectivity index (χ3v) is 5.79. The summed E-state index contributed by atoms with van der Waals surface area (Å²) in [6, 6.07) is 9.55. The smallest absolute Gasteiger partial charge is 0.152 e. The SMILES string of the molecule is CN(c1nc2ccccc2cc1CO)C1CCS(=O)(=O)C1. The van der Waals surface area contributed by atoms with E-state index in [1.807, 2.05) is 42.3 Å². The summed E-state index contributed by atoms with van der Waals surface area (Å²) >= 11 is 0. The number of aliphatic hydroxyl groups excluding tert-OH is 1. The number of rotatable bonds is 3. The molecule has 1 aromatic carbocycles. The zero-order chi connectivity index (χ0) is 15.0. The van der Waals surface area contributed by atoms with Crippen LogP contribution in [-0.4, -0.2) is 43.1 Å². The van der Waals surface area contributed by atoms with Gasteiger partial charge in [0.1, 0.15) is 5.82 Å². The molecule has 1 aliphatic heterocycles. The van der Waals surface area contributed by atoms with Crippen LogP contribution in [0.3, 0.4) is 0 Å². The van der Waals surface area contributed by atoms with E-state index < -0.39 is 9.84 Å². The van der Waals surface area contributed by atoms with E-state index in [0.29, 0.717) is 12.2 Å². The molecule has 0 spiro atoms. The molecule has 0 bridgehead atoms. The Labute approximate surface area is 124 Å².